The Hall–Kier alpha value is -1.38. The average molecular weight is 264 g/mol. The first-order valence-electron chi connectivity index (χ1n) is 5.84. The molecule has 0 bridgehead atoms. The standard InChI is InChI=1S/C15H15ClFN/c1-10(18-2)14-7-6-12(9-15(14)16)11-4-3-5-13(17)8-11/h3-10,18H,1-2H3. The van der Waals surface area contributed by atoms with E-state index in [0.29, 0.717) is 5.02 Å². The second-order valence-electron chi connectivity index (χ2n) is 4.26. The molecule has 1 nitrogen and oxygen atoms in total. The Kier molecular flexibility index (Phi) is 4.00. The van der Waals surface area contributed by atoms with Gasteiger partial charge in [-0.2, -0.15) is 0 Å². The van der Waals surface area contributed by atoms with Crippen molar-refractivity contribution in [3.8, 4) is 11.1 Å². The second kappa shape index (κ2) is 5.51. The van der Waals surface area contributed by atoms with Gasteiger partial charge in [0.2, 0.25) is 0 Å². The van der Waals surface area contributed by atoms with E-state index in [1.54, 1.807) is 6.07 Å². The third-order valence-corrected chi connectivity index (χ3v) is 3.39. The summed E-state index contributed by atoms with van der Waals surface area (Å²) in [6, 6.07) is 12.5. The quantitative estimate of drug-likeness (QED) is 0.864. The third-order valence-electron chi connectivity index (χ3n) is 3.06. The SMILES string of the molecule is CNC(C)c1ccc(-c2cccc(F)c2)cc1Cl. The molecule has 0 aliphatic carbocycles. The first-order valence-corrected chi connectivity index (χ1v) is 6.22. The van der Waals surface area contributed by atoms with Crippen molar-refractivity contribution in [3.63, 3.8) is 0 Å². The Labute approximate surface area is 112 Å². The molecule has 0 aliphatic rings. The van der Waals surface area contributed by atoms with Crippen molar-refractivity contribution in [1.82, 2.24) is 5.32 Å². The van der Waals surface area contributed by atoms with Crippen LogP contribution in [0.5, 0.6) is 0 Å². The van der Waals surface area contributed by atoms with E-state index in [0.717, 1.165) is 16.7 Å². The monoisotopic (exact) mass is 263 g/mol. The van der Waals surface area contributed by atoms with Crippen LogP contribution in [0.4, 0.5) is 4.39 Å². The van der Waals surface area contributed by atoms with E-state index in [9.17, 15) is 4.39 Å². The van der Waals surface area contributed by atoms with Crippen molar-refractivity contribution in [2.24, 2.45) is 0 Å². The summed E-state index contributed by atoms with van der Waals surface area (Å²) in [4.78, 5) is 0. The molecular formula is C15H15ClFN. The van der Waals surface area contributed by atoms with Crippen molar-refractivity contribution in [1.29, 1.82) is 0 Å². The molecule has 94 valence electrons. The minimum absolute atomic E-state index is 0.194. The van der Waals surface area contributed by atoms with Crippen molar-refractivity contribution in [2.45, 2.75) is 13.0 Å². The summed E-state index contributed by atoms with van der Waals surface area (Å²) in [6.45, 7) is 2.04. The van der Waals surface area contributed by atoms with Crippen LogP contribution in [0.2, 0.25) is 5.02 Å². The number of benzene rings is 2. The highest BCUT2D eigenvalue weighted by Gasteiger charge is 2.09. The fraction of sp³-hybridized carbons (Fsp3) is 0.200. The lowest BCUT2D eigenvalue weighted by Gasteiger charge is -2.13. The maximum atomic E-state index is 13.2. The summed E-state index contributed by atoms with van der Waals surface area (Å²) >= 11 is 6.26. The van der Waals surface area contributed by atoms with E-state index < -0.39 is 0 Å². The molecule has 3 heteroatoms. The average Bonchev–Trinajstić information content (AvgIpc) is 2.37. The Morgan fingerprint density at radius 2 is 1.83 bits per heavy atom. The third kappa shape index (κ3) is 2.71. The van der Waals surface area contributed by atoms with E-state index in [4.69, 9.17) is 11.6 Å². The topological polar surface area (TPSA) is 12.0 Å². The van der Waals surface area contributed by atoms with Crippen molar-refractivity contribution in [3.05, 3.63) is 58.9 Å². The lowest BCUT2D eigenvalue weighted by atomic mass is 10.0. The molecule has 18 heavy (non-hydrogen) atoms. The van der Waals surface area contributed by atoms with E-state index in [2.05, 4.69) is 5.32 Å². The van der Waals surface area contributed by atoms with Crippen LogP contribution in [0.3, 0.4) is 0 Å². The maximum Gasteiger partial charge on any atom is 0.123 e. The summed E-state index contributed by atoms with van der Waals surface area (Å²) < 4.78 is 13.2. The Balaban J connectivity index is 2.40. The van der Waals surface area contributed by atoms with Gasteiger partial charge in [0, 0.05) is 11.1 Å². The van der Waals surface area contributed by atoms with E-state index in [-0.39, 0.29) is 11.9 Å². The molecule has 1 N–H and O–H groups in total. The molecule has 0 spiro atoms. The van der Waals surface area contributed by atoms with E-state index >= 15 is 0 Å². The summed E-state index contributed by atoms with van der Waals surface area (Å²) in [6.07, 6.45) is 0. The van der Waals surface area contributed by atoms with Gasteiger partial charge < -0.3 is 5.32 Å². The van der Waals surface area contributed by atoms with Crippen LogP contribution in [0.1, 0.15) is 18.5 Å². The zero-order valence-electron chi connectivity index (χ0n) is 10.4. The number of hydrogen-bond donors (Lipinski definition) is 1. The first kappa shape index (κ1) is 13.1. The van der Waals surface area contributed by atoms with Crippen LogP contribution in [0, 0.1) is 5.82 Å². The molecule has 0 fully saturated rings. The van der Waals surface area contributed by atoms with Gasteiger partial charge in [0.15, 0.2) is 0 Å². The molecule has 2 aromatic rings. The predicted octanol–water partition coefficient (Wildman–Crippen LogP) is 4.43. The van der Waals surface area contributed by atoms with Crippen molar-refractivity contribution in [2.75, 3.05) is 7.05 Å². The highest BCUT2D eigenvalue weighted by atomic mass is 35.5. The fourth-order valence-electron chi connectivity index (χ4n) is 1.88. The van der Waals surface area contributed by atoms with Gasteiger partial charge in [-0.25, -0.2) is 4.39 Å². The van der Waals surface area contributed by atoms with E-state index in [1.807, 2.05) is 38.2 Å². The largest absolute Gasteiger partial charge is 0.313 e. The molecule has 0 saturated heterocycles. The molecule has 1 unspecified atom stereocenters. The zero-order valence-corrected chi connectivity index (χ0v) is 11.1. The Morgan fingerprint density at radius 1 is 1.11 bits per heavy atom. The van der Waals surface area contributed by atoms with Crippen LogP contribution in [0.25, 0.3) is 11.1 Å². The first-order chi connectivity index (χ1) is 8.61. The van der Waals surface area contributed by atoms with Crippen molar-refractivity contribution < 1.29 is 4.39 Å². The second-order valence-corrected chi connectivity index (χ2v) is 4.66. The lowest BCUT2D eigenvalue weighted by Crippen LogP contribution is -2.12. The number of hydrogen-bond acceptors (Lipinski definition) is 1. The minimum atomic E-state index is -0.240. The molecule has 0 saturated carbocycles. The number of rotatable bonds is 3. The predicted molar refractivity (Wildman–Crippen MR) is 74.3 cm³/mol. The van der Waals surface area contributed by atoms with E-state index in [1.165, 1.54) is 12.1 Å². The molecule has 1 atom stereocenters. The molecule has 0 radical (unpaired) electrons. The maximum absolute atomic E-state index is 13.2. The fourth-order valence-corrected chi connectivity index (χ4v) is 2.23. The molecule has 0 heterocycles. The summed E-state index contributed by atoms with van der Waals surface area (Å²) in [5.74, 6) is -0.240. The van der Waals surface area contributed by atoms with Crippen LogP contribution < -0.4 is 5.32 Å². The van der Waals surface area contributed by atoms with Gasteiger partial charge in [-0.15, -0.1) is 0 Å². The Morgan fingerprint density at radius 3 is 2.44 bits per heavy atom. The van der Waals surface area contributed by atoms with Crippen molar-refractivity contribution >= 4 is 11.6 Å². The number of nitrogens with one attached hydrogen (secondary N) is 1. The molecular weight excluding hydrogens is 249 g/mol. The lowest BCUT2D eigenvalue weighted by molar-refractivity contribution is 0.628. The van der Waals surface area contributed by atoms with Gasteiger partial charge in [0.05, 0.1) is 0 Å². The highest BCUT2D eigenvalue weighted by Crippen LogP contribution is 2.29. The van der Waals surface area contributed by atoms with Gasteiger partial charge in [0.1, 0.15) is 5.82 Å². The molecule has 0 aliphatic heterocycles. The van der Waals surface area contributed by atoms with Gasteiger partial charge in [0.25, 0.3) is 0 Å². The summed E-state index contributed by atoms with van der Waals surface area (Å²) in [5.41, 5.74) is 2.80. The van der Waals surface area contributed by atoms with Crippen LogP contribution in [-0.4, -0.2) is 7.05 Å². The summed E-state index contributed by atoms with van der Waals surface area (Å²) in [5, 5.41) is 3.84. The highest BCUT2D eigenvalue weighted by molar-refractivity contribution is 6.31. The minimum Gasteiger partial charge on any atom is -0.313 e. The smallest absolute Gasteiger partial charge is 0.123 e. The molecule has 0 aromatic heterocycles. The Bertz CT molecular complexity index is 554. The van der Waals surface area contributed by atoms with Gasteiger partial charge in [-0.1, -0.05) is 35.9 Å². The molecule has 0 amide bonds. The summed E-state index contributed by atoms with van der Waals surface area (Å²) in [7, 11) is 1.89. The van der Waals surface area contributed by atoms with Crippen LogP contribution in [0.15, 0.2) is 42.5 Å². The molecule has 2 rings (SSSR count). The zero-order chi connectivity index (χ0) is 13.1. The molecule has 2 aromatic carbocycles. The normalized spacial score (nSPS) is 12.4. The van der Waals surface area contributed by atoms with Crippen LogP contribution >= 0.6 is 11.6 Å². The van der Waals surface area contributed by atoms with Gasteiger partial charge in [-0.3, -0.25) is 0 Å². The number of halogens is 2. The van der Waals surface area contributed by atoms with Gasteiger partial charge in [-0.05, 0) is 48.9 Å². The van der Waals surface area contributed by atoms with Crippen LogP contribution in [-0.2, 0) is 0 Å². The van der Waals surface area contributed by atoms with Gasteiger partial charge >= 0.3 is 0 Å².